The SMILES string of the molecule is CC[C@H](C(=O)NCC(C)C)N(Cc1ccc(OC)cc1)C(=O)CCCN1C(=O)c2cccc3cccc1c23. The Morgan fingerprint density at radius 2 is 1.74 bits per heavy atom. The zero-order valence-electron chi connectivity index (χ0n) is 22.7. The molecule has 7 heteroatoms. The van der Waals surface area contributed by atoms with E-state index in [2.05, 4.69) is 5.32 Å². The average Bonchev–Trinajstić information content (AvgIpc) is 3.20. The lowest BCUT2D eigenvalue weighted by Crippen LogP contribution is -2.49. The first kappa shape index (κ1) is 27.2. The molecule has 3 aromatic carbocycles. The molecule has 0 fully saturated rings. The monoisotopic (exact) mass is 515 g/mol. The van der Waals surface area contributed by atoms with Crippen LogP contribution in [0, 0.1) is 5.92 Å². The average molecular weight is 516 g/mol. The predicted octanol–water partition coefficient (Wildman–Crippen LogP) is 5.17. The minimum atomic E-state index is -0.574. The third-order valence-electron chi connectivity index (χ3n) is 7.00. The van der Waals surface area contributed by atoms with Gasteiger partial charge in [-0.05, 0) is 54.0 Å². The van der Waals surface area contributed by atoms with E-state index in [4.69, 9.17) is 4.74 Å². The molecule has 38 heavy (non-hydrogen) atoms. The topological polar surface area (TPSA) is 79.0 Å². The molecule has 1 aliphatic heterocycles. The van der Waals surface area contributed by atoms with Crippen LogP contribution in [-0.4, -0.2) is 48.9 Å². The van der Waals surface area contributed by atoms with Crippen LogP contribution in [0.25, 0.3) is 10.8 Å². The van der Waals surface area contributed by atoms with Crippen molar-refractivity contribution in [3.63, 3.8) is 0 Å². The molecule has 4 rings (SSSR count). The van der Waals surface area contributed by atoms with Gasteiger partial charge >= 0.3 is 0 Å². The number of hydrogen-bond acceptors (Lipinski definition) is 4. The van der Waals surface area contributed by atoms with Crippen molar-refractivity contribution in [1.82, 2.24) is 10.2 Å². The molecule has 3 amide bonds. The summed E-state index contributed by atoms with van der Waals surface area (Å²) in [7, 11) is 1.61. The van der Waals surface area contributed by atoms with Gasteiger partial charge in [0.2, 0.25) is 11.8 Å². The summed E-state index contributed by atoms with van der Waals surface area (Å²) in [5, 5.41) is 5.01. The van der Waals surface area contributed by atoms with Crippen LogP contribution in [0.15, 0.2) is 60.7 Å². The van der Waals surface area contributed by atoms with Crippen LogP contribution in [0.5, 0.6) is 5.75 Å². The molecular formula is C31H37N3O4. The van der Waals surface area contributed by atoms with Gasteiger partial charge < -0.3 is 19.9 Å². The molecule has 7 nitrogen and oxygen atoms in total. The summed E-state index contributed by atoms with van der Waals surface area (Å²) in [6.45, 7) is 7.33. The van der Waals surface area contributed by atoms with Crippen LogP contribution in [0.3, 0.4) is 0 Å². The number of nitrogens with one attached hydrogen (secondary N) is 1. The molecule has 0 spiro atoms. The van der Waals surface area contributed by atoms with Gasteiger partial charge in [0.25, 0.3) is 5.91 Å². The first-order valence-electron chi connectivity index (χ1n) is 13.4. The second kappa shape index (κ2) is 12.1. The fraction of sp³-hybridized carbons (Fsp3) is 0.387. The van der Waals surface area contributed by atoms with Crippen molar-refractivity contribution in [2.24, 2.45) is 5.92 Å². The van der Waals surface area contributed by atoms with Crippen LogP contribution in [0.2, 0.25) is 0 Å². The minimum absolute atomic E-state index is 0.0289. The Morgan fingerprint density at radius 1 is 1.03 bits per heavy atom. The van der Waals surface area contributed by atoms with Gasteiger partial charge in [-0.25, -0.2) is 0 Å². The van der Waals surface area contributed by atoms with Crippen molar-refractivity contribution >= 4 is 34.2 Å². The highest BCUT2D eigenvalue weighted by Crippen LogP contribution is 2.37. The van der Waals surface area contributed by atoms with E-state index in [1.54, 1.807) is 16.9 Å². The summed E-state index contributed by atoms with van der Waals surface area (Å²) in [5.74, 6) is 0.780. The van der Waals surface area contributed by atoms with Crippen LogP contribution in [-0.2, 0) is 16.1 Å². The number of anilines is 1. The maximum Gasteiger partial charge on any atom is 0.258 e. The van der Waals surface area contributed by atoms with E-state index in [9.17, 15) is 14.4 Å². The van der Waals surface area contributed by atoms with Gasteiger partial charge in [0, 0.05) is 37.0 Å². The first-order valence-corrected chi connectivity index (χ1v) is 13.4. The number of benzene rings is 3. The van der Waals surface area contributed by atoms with E-state index >= 15 is 0 Å². The second-order valence-corrected chi connectivity index (χ2v) is 10.2. The quantitative estimate of drug-likeness (QED) is 0.361. The van der Waals surface area contributed by atoms with Gasteiger partial charge in [0.05, 0.1) is 12.8 Å². The van der Waals surface area contributed by atoms with Crippen molar-refractivity contribution in [2.45, 2.75) is 52.6 Å². The van der Waals surface area contributed by atoms with Crippen LogP contribution in [0.1, 0.15) is 56.0 Å². The summed E-state index contributed by atoms with van der Waals surface area (Å²) < 4.78 is 5.26. The summed E-state index contributed by atoms with van der Waals surface area (Å²) in [6, 6.07) is 18.7. The summed E-state index contributed by atoms with van der Waals surface area (Å²) in [6.07, 6.45) is 1.24. The second-order valence-electron chi connectivity index (χ2n) is 10.2. The molecule has 0 aromatic heterocycles. The Kier molecular flexibility index (Phi) is 8.66. The van der Waals surface area contributed by atoms with Crippen molar-refractivity contribution in [3.05, 3.63) is 71.8 Å². The molecule has 1 aliphatic rings. The van der Waals surface area contributed by atoms with E-state index in [0.717, 1.165) is 27.8 Å². The highest BCUT2D eigenvalue weighted by atomic mass is 16.5. The summed E-state index contributed by atoms with van der Waals surface area (Å²) in [4.78, 5) is 43.3. The highest BCUT2D eigenvalue weighted by molar-refractivity contribution is 6.25. The fourth-order valence-corrected chi connectivity index (χ4v) is 5.00. The zero-order chi connectivity index (χ0) is 27.2. The summed E-state index contributed by atoms with van der Waals surface area (Å²) in [5.41, 5.74) is 2.52. The Morgan fingerprint density at radius 3 is 2.39 bits per heavy atom. The molecule has 0 radical (unpaired) electrons. The van der Waals surface area contributed by atoms with Crippen molar-refractivity contribution in [1.29, 1.82) is 0 Å². The molecule has 200 valence electrons. The van der Waals surface area contributed by atoms with Gasteiger partial charge in [-0.1, -0.05) is 57.2 Å². The van der Waals surface area contributed by atoms with E-state index in [-0.39, 0.29) is 24.1 Å². The number of nitrogens with zero attached hydrogens (tertiary/aromatic N) is 2. The smallest absolute Gasteiger partial charge is 0.258 e. The van der Waals surface area contributed by atoms with Crippen LogP contribution < -0.4 is 15.0 Å². The molecule has 0 unspecified atom stereocenters. The minimum Gasteiger partial charge on any atom is -0.497 e. The normalized spacial score (nSPS) is 13.2. The van der Waals surface area contributed by atoms with E-state index in [1.807, 2.05) is 81.4 Å². The number of carbonyl (C=O) groups is 3. The van der Waals surface area contributed by atoms with Crippen LogP contribution >= 0.6 is 0 Å². The van der Waals surface area contributed by atoms with E-state index in [0.29, 0.717) is 44.0 Å². The van der Waals surface area contributed by atoms with Crippen molar-refractivity contribution in [2.75, 3.05) is 25.1 Å². The third-order valence-corrected chi connectivity index (χ3v) is 7.00. The van der Waals surface area contributed by atoms with Gasteiger partial charge in [-0.15, -0.1) is 0 Å². The number of methoxy groups -OCH3 is 1. The van der Waals surface area contributed by atoms with E-state index in [1.165, 1.54) is 0 Å². The number of carbonyl (C=O) groups excluding carboxylic acids is 3. The number of hydrogen-bond donors (Lipinski definition) is 1. The van der Waals surface area contributed by atoms with Crippen molar-refractivity contribution in [3.8, 4) is 5.75 Å². The lowest BCUT2D eigenvalue weighted by atomic mass is 10.1. The molecule has 0 saturated heterocycles. The maximum atomic E-state index is 13.6. The number of amides is 3. The zero-order valence-corrected chi connectivity index (χ0v) is 22.7. The maximum absolute atomic E-state index is 13.6. The summed E-state index contributed by atoms with van der Waals surface area (Å²) >= 11 is 0. The lowest BCUT2D eigenvalue weighted by molar-refractivity contribution is -0.141. The molecule has 0 aliphatic carbocycles. The molecule has 1 heterocycles. The number of ether oxygens (including phenoxy) is 1. The molecule has 1 N–H and O–H groups in total. The fourth-order valence-electron chi connectivity index (χ4n) is 5.00. The molecule has 1 atom stereocenters. The lowest BCUT2D eigenvalue weighted by Gasteiger charge is -2.31. The predicted molar refractivity (Wildman–Crippen MR) is 150 cm³/mol. The van der Waals surface area contributed by atoms with E-state index < -0.39 is 6.04 Å². The third kappa shape index (κ3) is 5.82. The van der Waals surface area contributed by atoms with Crippen molar-refractivity contribution < 1.29 is 19.1 Å². The Bertz CT molecular complexity index is 1300. The molecule has 3 aromatic rings. The highest BCUT2D eigenvalue weighted by Gasteiger charge is 2.31. The number of rotatable bonds is 12. The van der Waals surface area contributed by atoms with Gasteiger partial charge in [-0.3, -0.25) is 14.4 Å². The Hall–Kier alpha value is -3.87. The van der Waals surface area contributed by atoms with Crippen LogP contribution in [0.4, 0.5) is 5.69 Å². The van der Waals surface area contributed by atoms with Gasteiger partial charge in [-0.2, -0.15) is 0 Å². The van der Waals surface area contributed by atoms with Gasteiger partial charge in [0.15, 0.2) is 0 Å². The first-order chi connectivity index (χ1) is 18.3. The largest absolute Gasteiger partial charge is 0.497 e. The Balaban J connectivity index is 1.48. The Labute approximate surface area is 224 Å². The molecular weight excluding hydrogens is 478 g/mol. The standard InChI is InChI=1S/C31H37N3O4/c1-5-26(30(36)32-19-21(2)3)34(20-22-14-16-24(38-4)17-15-22)28(35)13-8-18-33-27-12-7-10-23-9-6-11-25(29(23)27)31(33)37/h6-7,9-12,14-17,21,26H,5,8,13,18-20H2,1-4H3,(H,32,36)/t26-/m1/s1. The van der Waals surface area contributed by atoms with Gasteiger partial charge in [0.1, 0.15) is 11.8 Å². The molecule has 0 bridgehead atoms. The molecule has 0 saturated carbocycles.